The summed E-state index contributed by atoms with van der Waals surface area (Å²) in [6.45, 7) is 2.04. The van der Waals surface area contributed by atoms with Crippen LogP contribution in [0.4, 0.5) is 0 Å². The van der Waals surface area contributed by atoms with Crippen LogP contribution < -0.4 is 0 Å². The van der Waals surface area contributed by atoms with E-state index in [1.165, 1.54) is 5.45 Å². The molecule has 0 aromatic carbocycles. The molecule has 0 radical (unpaired) electrons. The fourth-order valence-corrected chi connectivity index (χ4v) is 0.168. The Kier molecular flexibility index (Phi) is 0.308. The van der Waals surface area contributed by atoms with Crippen LogP contribution in [0.25, 0.3) is 0 Å². The van der Waals surface area contributed by atoms with Crippen molar-refractivity contribution in [2.45, 2.75) is 6.92 Å². The first kappa shape index (κ1) is 2.34. The van der Waals surface area contributed by atoms with Gasteiger partial charge in [0.1, 0.15) is 0 Å². The Morgan fingerprint density at radius 2 is 2.25 bits per heavy atom. The molecule has 0 aromatic heterocycles. The van der Waals surface area contributed by atoms with Crippen molar-refractivity contribution in [1.29, 1.82) is 0 Å². The number of nitrogens with zero attached hydrogens (tertiary/aromatic N) is 1. The molecule has 0 bridgehead atoms. The van der Waals surface area contributed by atoms with Gasteiger partial charge in [0.25, 0.3) is 0 Å². The van der Waals surface area contributed by atoms with E-state index in [0.29, 0.717) is 0 Å². The van der Waals surface area contributed by atoms with Crippen molar-refractivity contribution < 1.29 is 0 Å². The van der Waals surface area contributed by atoms with E-state index in [9.17, 15) is 0 Å². The highest BCUT2D eigenvalue weighted by Gasteiger charge is 1.97. The van der Waals surface area contributed by atoms with Gasteiger partial charge in [0.15, 0.2) is 0 Å². The summed E-state index contributed by atoms with van der Waals surface area (Å²) in [7, 11) is 0.849. The van der Waals surface area contributed by atoms with Gasteiger partial charge in [-0.25, -0.2) is 0 Å². The van der Waals surface area contributed by atoms with E-state index in [-0.39, 0.29) is 0 Å². The van der Waals surface area contributed by atoms with E-state index in [0.717, 1.165) is 8.73 Å². The molecule has 0 saturated heterocycles. The molecule has 0 saturated carbocycles. The molecule has 1 rings (SSSR count). The Morgan fingerprint density at radius 3 is 2.25 bits per heavy atom. The van der Waals surface area contributed by atoms with Gasteiger partial charge in [-0.1, -0.05) is 0 Å². The molecule has 1 aliphatic rings. The lowest BCUT2D eigenvalue weighted by Crippen LogP contribution is -1.42. The largest absolute Gasteiger partial charge is 0.262 e. The smallest absolute Gasteiger partial charge is 0.0564 e. The fraction of sp³-hybridized carbons (Fsp3) is 0.500. The van der Waals surface area contributed by atoms with Gasteiger partial charge in [-0.3, -0.25) is 4.76 Å². The third-order valence-corrected chi connectivity index (χ3v) is 1.01. The topological polar surface area (TPSA) is 12.4 Å². The number of hydrogen-bond acceptors (Lipinski definition) is 1. The molecule has 0 amide bonds. The van der Waals surface area contributed by atoms with Gasteiger partial charge in [-0.05, 0) is 6.92 Å². The molecular formula is C2H4NP. The summed E-state index contributed by atoms with van der Waals surface area (Å²) < 4.78 is 3.85. The maximum atomic E-state index is 3.85. The summed E-state index contributed by atoms with van der Waals surface area (Å²) in [6.07, 6.45) is 0. The molecule has 0 spiro atoms. The van der Waals surface area contributed by atoms with E-state index in [2.05, 4.69) is 4.76 Å². The van der Waals surface area contributed by atoms with E-state index >= 15 is 0 Å². The van der Waals surface area contributed by atoms with Crippen LogP contribution in [0.1, 0.15) is 6.92 Å². The molecule has 1 atom stereocenters. The first-order chi connectivity index (χ1) is 1.89. The van der Waals surface area contributed by atoms with E-state index in [1.54, 1.807) is 0 Å². The Bertz CT molecular complexity index is 57.1. The molecule has 4 heavy (non-hydrogen) atoms. The summed E-state index contributed by atoms with van der Waals surface area (Å²) in [5.74, 6) is 0. The highest BCUT2D eigenvalue weighted by molar-refractivity contribution is 7.66. The maximum absolute atomic E-state index is 3.85. The molecule has 0 fully saturated rings. The first-order valence-corrected chi connectivity index (χ1v) is 2.14. The third-order valence-electron chi connectivity index (χ3n) is 0.335. The zero-order valence-corrected chi connectivity index (χ0v) is 3.45. The van der Waals surface area contributed by atoms with Crippen LogP contribution in [0, 0.1) is 0 Å². The van der Waals surface area contributed by atoms with Crippen molar-refractivity contribution in [3.63, 3.8) is 0 Å². The summed E-state index contributed by atoms with van der Waals surface area (Å²) in [6, 6.07) is 0. The van der Waals surface area contributed by atoms with Crippen molar-refractivity contribution in [3.05, 3.63) is 0 Å². The third kappa shape index (κ3) is 0.264. The molecule has 0 N–H and O–H groups in total. The highest BCUT2D eigenvalue weighted by Crippen LogP contribution is 2.29. The second-order valence-corrected chi connectivity index (χ2v) is 1.98. The lowest BCUT2D eigenvalue weighted by molar-refractivity contribution is 1.97. The summed E-state index contributed by atoms with van der Waals surface area (Å²) >= 11 is 0. The quantitative estimate of drug-likeness (QED) is 0.379. The maximum Gasteiger partial charge on any atom is 0.0564 e. The Balaban J connectivity index is 2.54. The monoisotopic (exact) mass is 73.0 g/mol. The van der Waals surface area contributed by atoms with Gasteiger partial charge in [0.05, 0.1) is 5.45 Å². The van der Waals surface area contributed by atoms with E-state index in [1.807, 2.05) is 6.92 Å². The molecule has 1 unspecified atom stereocenters. The number of hydrogen-bond donors (Lipinski definition) is 0. The average molecular weight is 73.0 g/mol. The van der Waals surface area contributed by atoms with Gasteiger partial charge >= 0.3 is 0 Å². The Morgan fingerprint density at radius 1 is 2.00 bits per heavy atom. The fourth-order valence-electron chi connectivity index (χ4n) is 0.0559. The average Bonchev–Trinajstić information content (AvgIpc) is 1.75. The minimum atomic E-state index is 0.849. The second kappa shape index (κ2) is 0.526. The molecule has 22 valence electrons. The minimum absolute atomic E-state index is 0.849. The molecule has 2 heteroatoms. The predicted molar refractivity (Wildman–Crippen MR) is 21.4 cm³/mol. The minimum Gasteiger partial charge on any atom is -0.262 e. The van der Waals surface area contributed by atoms with Gasteiger partial charge in [0, 0.05) is 8.73 Å². The van der Waals surface area contributed by atoms with Crippen molar-refractivity contribution in [1.82, 2.24) is 0 Å². The Labute approximate surface area is 27.0 Å². The molecule has 1 nitrogen and oxygen atoms in total. The lowest BCUT2D eigenvalue weighted by Gasteiger charge is -1.38. The van der Waals surface area contributed by atoms with Crippen molar-refractivity contribution in [2.75, 3.05) is 0 Å². The highest BCUT2D eigenvalue weighted by atomic mass is 31.1. The van der Waals surface area contributed by atoms with E-state index in [4.69, 9.17) is 0 Å². The van der Waals surface area contributed by atoms with Crippen LogP contribution >= 0.6 is 8.73 Å². The second-order valence-electron chi connectivity index (χ2n) is 0.809. The standard InChI is InChI=1S/C2H4NP/c1-2-3-4-2/h4H,1H3. The van der Waals surface area contributed by atoms with Gasteiger partial charge < -0.3 is 0 Å². The van der Waals surface area contributed by atoms with Gasteiger partial charge in [-0.15, -0.1) is 0 Å². The van der Waals surface area contributed by atoms with Crippen molar-refractivity contribution >= 4 is 14.2 Å². The normalized spacial score (nSPS) is 25.8. The molecule has 0 aliphatic carbocycles. The van der Waals surface area contributed by atoms with Crippen LogP contribution in [0.3, 0.4) is 0 Å². The zero-order valence-electron chi connectivity index (χ0n) is 2.45. The van der Waals surface area contributed by atoms with Gasteiger partial charge in [0.2, 0.25) is 0 Å². The van der Waals surface area contributed by atoms with Crippen LogP contribution in [-0.4, -0.2) is 5.45 Å². The number of rotatable bonds is 0. The molecular weight excluding hydrogens is 69.0 g/mol. The molecule has 1 aliphatic heterocycles. The summed E-state index contributed by atoms with van der Waals surface area (Å²) in [4.78, 5) is 0. The zero-order chi connectivity index (χ0) is 2.99. The van der Waals surface area contributed by atoms with Crippen molar-refractivity contribution in [3.8, 4) is 0 Å². The SMILES string of the molecule is CC1=NP1. The summed E-state index contributed by atoms with van der Waals surface area (Å²) in [5, 5.41) is 0. The van der Waals surface area contributed by atoms with E-state index < -0.39 is 0 Å². The molecule has 0 aromatic rings. The predicted octanol–water partition coefficient (Wildman–Crippen LogP) is 1.01. The summed E-state index contributed by atoms with van der Waals surface area (Å²) in [5.41, 5.74) is 1.32. The Hall–Kier alpha value is 0.100. The lowest BCUT2D eigenvalue weighted by atomic mass is 10.9. The van der Waals surface area contributed by atoms with Crippen molar-refractivity contribution in [2.24, 2.45) is 4.76 Å². The van der Waals surface area contributed by atoms with Crippen LogP contribution in [0.15, 0.2) is 4.76 Å². The molecule has 1 heterocycles. The van der Waals surface area contributed by atoms with Gasteiger partial charge in [-0.2, -0.15) is 0 Å². The van der Waals surface area contributed by atoms with Crippen LogP contribution in [-0.2, 0) is 0 Å². The van der Waals surface area contributed by atoms with Crippen LogP contribution in [0.5, 0.6) is 0 Å². The van der Waals surface area contributed by atoms with Crippen LogP contribution in [0.2, 0.25) is 0 Å². The first-order valence-electron chi connectivity index (χ1n) is 1.20.